The standard InChI is InChI=1S/C22H12ClF6NO2S/c23-15-3-1-2-11(4-15)10-30-16-8-18(33-19(16)9-17(30)20(31)32)12-5-13(21(24,25)26)7-14(6-12)22(27,28)29/h1-9H,10H2,(H,31,32). The zero-order valence-corrected chi connectivity index (χ0v) is 17.8. The van der Waals surface area contributed by atoms with Crippen LogP contribution in [-0.4, -0.2) is 15.6 Å². The summed E-state index contributed by atoms with van der Waals surface area (Å²) in [6.45, 7) is 0.0955. The molecule has 172 valence electrons. The summed E-state index contributed by atoms with van der Waals surface area (Å²) >= 11 is 6.90. The minimum atomic E-state index is -4.97. The van der Waals surface area contributed by atoms with E-state index in [2.05, 4.69) is 0 Å². The van der Waals surface area contributed by atoms with Crippen molar-refractivity contribution in [3.05, 3.63) is 82.0 Å². The molecule has 2 heterocycles. The molecular formula is C22H12ClF6NO2S. The highest BCUT2D eigenvalue weighted by atomic mass is 35.5. The summed E-state index contributed by atoms with van der Waals surface area (Å²) in [4.78, 5) is 11.9. The number of carboxylic acids is 1. The molecule has 2 aromatic heterocycles. The Labute approximate surface area is 191 Å². The van der Waals surface area contributed by atoms with Gasteiger partial charge in [0, 0.05) is 16.4 Å². The van der Waals surface area contributed by atoms with Crippen molar-refractivity contribution in [3.63, 3.8) is 0 Å². The van der Waals surface area contributed by atoms with Gasteiger partial charge in [-0.2, -0.15) is 26.3 Å². The number of hydrogen-bond donors (Lipinski definition) is 1. The minimum Gasteiger partial charge on any atom is -0.477 e. The lowest BCUT2D eigenvalue weighted by atomic mass is 10.0. The van der Waals surface area contributed by atoms with E-state index in [0.29, 0.717) is 32.9 Å². The van der Waals surface area contributed by atoms with Gasteiger partial charge in [0.15, 0.2) is 0 Å². The second kappa shape index (κ2) is 8.11. The molecule has 0 fully saturated rings. The van der Waals surface area contributed by atoms with Crippen LogP contribution in [0.15, 0.2) is 54.6 Å². The maximum absolute atomic E-state index is 13.2. The molecule has 2 aromatic carbocycles. The van der Waals surface area contributed by atoms with Gasteiger partial charge in [-0.15, -0.1) is 11.3 Å². The van der Waals surface area contributed by atoms with Crippen molar-refractivity contribution >= 4 is 39.1 Å². The van der Waals surface area contributed by atoms with Gasteiger partial charge in [0.2, 0.25) is 0 Å². The molecule has 0 atom stereocenters. The van der Waals surface area contributed by atoms with Gasteiger partial charge in [0.1, 0.15) is 5.69 Å². The van der Waals surface area contributed by atoms with Crippen LogP contribution in [0.2, 0.25) is 5.02 Å². The number of alkyl halides is 6. The number of aromatic nitrogens is 1. The van der Waals surface area contributed by atoms with Crippen molar-refractivity contribution in [1.82, 2.24) is 4.57 Å². The van der Waals surface area contributed by atoms with E-state index in [1.807, 2.05) is 0 Å². The van der Waals surface area contributed by atoms with Crippen LogP contribution in [0.25, 0.3) is 20.7 Å². The molecular weight excluding hydrogens is 492 g/mol. The first-order chi connectivity index (χ1) is 15.3. The molecule has 0 amide bonds. The van der Waals surface area contributed by atoms with E-state index in [4.69, 9.17) is 11.6 Å². The molecule has 3 nitrogen and oxygen atoms in total. The van der Waals surface area contributed by atoms with Gasteiger partial charge in [-0.05, 0) is 53.6 Å². The summed E-state index contributed by atoms with van der Waals surface area (Å²) in [7, 11) is 0. The van der Waals surface area contributed by atoms with Gasteiger partial charge in [-0.25, -0.2) is 4.79 Å². The Bertz CT molecular complexity index is 1340. The average Bonchev–Trinajstić information content (AvgIpc) is 3.26. The molecule has 4 aromatic rings. The second-order valence-corrected chi connectivity index (χ2v) is 8.73. The quantitative estimate of drug-likeness (QED) is 0.289. The fourth-order valence-corrected chi connectivity index (χ4v) is 4.75. The first kappa shape index (κ1) is 23.2. The van der Waals surface area contributed by atoms with Gasteiger partial charge in [0.05, 0.1) is 21.3 Å². The minimum absolute atomic E-state index is 0.0669. The van der Waals surface area contributed by atoms with Gasteiger partial charge in [-0.3, -0.25) is 0 Å². The second-order valence-electron chi connectivity index (χ2n) is 7.21. The smallest absolute Gasteiger partial charge is 0.416 e. The van der Waals surface area contributed by atoms with Crippen LogP contribution < -0.4 is 0 Å². The predicted octanol–water partition coefficient (Wildman–Crippen LogP) is 7.81. The zero-order valence-electron chi connectivity index (χ0n) is 16.3. The number of carbonyl (C=O) groups is 1. The molecule has 11 heteroatoms. The van der Waals surface area contributed by atoms with E-state index in [9.17, 15) is 36.2 Å². The molecule has 33 heavy (non-hydrogen) atoms. The van der Waals surface area contributed by atoms with Gasteiger partial charge in [0.25, 0.3) is 0 Å². The first-order valence-electron chi connectivity index (χ1n) is 9.23. The molecule has 0 spiro atoms. The fraction of sp³-hybridized carbons (Fsp3) is 0.136. The summed E-state index contributed by atoms with van der Waals surface area (Å²) in [5, 5.41) is 10.00. The zero-order chi connectivity index (χ0) is 24.1. The fourth-order valence-electron chi connectivity index (χ4n) is 3.45. The van der Waals surface area contributed by atoms with Crippen LogP contribution in [0, 0.1) is 0 Å². The number of fused-ring (bicyclic) bond motifs is 1. The third-order valence-electron chi connectivity index (χ3n) is 4.91. The highest BCUT2D eigenvalue weighted by Gasteiger charge is 2.37. The number of carboxylic acid groups (broad SMARTS) is 1. The molecule has 0 aliphatic carbocycles. The van der Waals surface area contributed by atoms with Crippen LogP contribution in [0.3, 0.4) is 0 Å². The number of thiophene rings is 1. The lowest BCUT2D eigenvalue weighted by Gasteiger charge is -2.13. The number of rotatable bonds is 4. The van der Waals surface area contributed by atoms with E-state index >= 15 is 0 Å². The Kier molecular flexibility index (Phi) is 5.69. The molecule has 0 saturated heterocycles. The third kappa shape index (κ3) is 4.72. The molecule has 4 rings (SSSR count). The van der Waals surface area contributed by atoms with E-state index in [0.717, 1.165) is 11.3 Å². The Hall–Kier alpha value is -2.98. The Morgan fingerprint density at radius 1 is 0.939 bits per heavy atom. The highest BCUT2D eigenvalue weighted by Crippen LogP contribution is 2.42. The first-order valence-corrected chi connectivity index (χ1v) is 10.4. The summed E-state index contributed by atoms with van der Waals surface area (Å²) in [5.74, 6) is -1.22. The SMILES string of the molecule is O=C(O)c1cc2sc(-c3cc(C(F)(F)F)cc(C(F)(F)F)c3)cc2n1Cc1cccc(Cl)c1. The number of hydrogen-bond acceptors (Lipinski definition) is 2. The third-order valence-corrected chi connectivity index (χ3v) is 6.27. The van der Waals surface area contributed by atoms with Crippen LogP contribution >= 0.6 is 22.9 Å². The molecule has 0 radical (unpaired) electrons. The van der Waals surface area contributed by atoms with Crippen LogP contribution in [0.5, 0.6) is 0 Å². The topological polar surface area (TPSA) is 42.2 Å². The van der Waals surface area contributed by atoms with Crippen LogP contribution in [0.4, 0.5) is 26.3 Å². The lowest BCUT2D eigenvalue weighted by molar-refractivity contribution is -0.143. The van der Waals surface area contributed by atoms with Crippen molar-refractivity contribution < 1.29 is 36.2 Å². The summed E-state index contributed by atoms with van der Waals surface area (Å²) in [6, 6.07) is 10.8. The average molecular weight is 504 g/mol. The highest BCUT2D eigenvalue weighted by molar-refractivity contribution is 7.22. The maximum atomic E-state index is 13.2. The van der Waals surface area contributed by atoms with E-state index in [1.54, 1.807) is 24.3 Å². The summed E-state index contributed by atoms with van der Waals surface area (Å²) in [5.41, 5.74) is -2.11. The van der Waals surface area contributed by atoms with Crippen molar-refractivity contribution in [2.75, 3.05) is 0 Å². The van der Waals surface area contributed by atoms with Crippen molar-refractivity contribution in [3.8, 4) is 10.4 Å². The lowest BCUT2D eigenvalue weighted by Crippen LogP contribution is -2.11. The predicted molar refractivity (Wildman–Crippen MR) is 113 cm³/mol. The Balaban J connectivity index is 1.87. The van der Waals surface area contributed by atoms with Gasteiger partial charge < -0.3 is 9.67 Å². The molecule has 0 saturated carbocycles. The van der Waals surface area contributed by atoms with Crippen molar-refractivity contribution in [1.29, 1.82) is 0 Å². The van der Waals surface area contributed by atoms with Crippen LogP contribution in [-0.2, 0) is 18.9 Å². The van der Waals surface area contributed by atoms with E-state index < -0.39 is 29.4 Å². The van der Waals surface area contributed by atoms with E-state index in [1.165, 1.54) is 16.7 Å². The number of aromatic carboxylic acids is 1. The van der Waals surface area contributed by atoms with Crippen molar-refractivity contribution in [2.24, 2.45) is 0 Å². The molecule has 1 N–H and O–H groups in total. The number of halogens is 7. The van der Waals surface area contributed by atoms with E-state index in [-0.39, 0.29) is 28.7 Å². The van der Waals surface area contributed by atoms with Crippen LogP contribution in [0.1, 0.15) is 27.2 Å². The summed E-state index contributed by atoms with van der Waals surface area (Å²) < 4.78 is 81.2. The monoisotopic (exact) mass is 503 g/mol. The van der Waals surface area contributed by atoms with Gasteiger partial charge in [-0.1, -0.05) is 23.7 Å². The number of benzene rings is 2. The largest absolute Gasteiger partial charge is 0.477 e. The number of nitrogens with zero attached hydrogens (tertiary/aromatic N) is 1. The Morgan fingerprint density at radius 2 is 1.58 bits per heavy atom. The molecule has 0 unspecified atom stereocenters. The van der Waals surface area contributed by atoms with Gasteiger partial charge >= 0.3 is 18.3 Å². The molecule has 0 bridgehead atoms. The molecule has 0 aliphatic rings. The van der Waals surface area contributed by atoms with Crippen molar-refractivity contribution in [2.45, 2.75) is 18.9 Å². The Morgan fingerprint density at radius 3 is 2.12 bits per heavy atom. The summed E-state index contributed by atoms with van der Waals surface area (Å²) in [6.07, 6.45) is -9.93. The normalized spacial score (nSPS) is 12.5. The maximum Gasteiger partial charge on any atom is 0.416 e. The molecule has 0 aliphatic heterocycles.